The maximum Gasteiger partial charge on any atom is 0.269 e. The van der Waals surface area contributed by atoms with Gasteiger partial charge < -0.3 is 5.32 Å². The van der Waals surface area contributed by atoms with Crippen molar-refractivity contribution >= 4 is 40.7 Å². The van der Waals surface area contributed by atoms with E-state index in [1.165, 1.54) is 30.8 Å². The molecule has 0 unspecified atom stereocenters. The first-order chi connectivity index (χ1) is 13.3. The van der Waals surface area contributed by atoms with E-state index in [9.17, 15) is 19.7 Å². The molecule has 2 aromatic rings. The number of hydrogen-bond acceptors (Lipinski definition) is 6. The largest absolute Gasteiger partial charge is 0.326 e. The summed E-state index contributed by atoms with van der Waals surface area (Å²) >= 11 is 1.34. The van der Waals surface area contributed by atoms with Crippen molar-refractivity contribution in [1.82, 2.24) is 5.43 Å². The summed E-state index contributed by atoms with van der Waals surface area (Å²) in [6, 6.07) is 13.5. The Bertz CT molecular complexity index is 914. The predicted molar refractivity (Wildman–Crippen MR) is 110 cm³/mol. The molecular formula is C19H20N4O4S. The first kappa shape index (κ1) is 21.1. The quantitative estimate of drug-likeness (QED) is 0.401. The molecule has 0 aliphatic heterocycles. The van der Waals surface area contributed by atoms with E-state index in [0.717, 1.165) is 11.1 Å². The van der Waals surface area contributed by atoms with Crippen molar-refractivity contribution in [2.45, 2.75) is 19.6 Å². The van der Waals surface area contributed by atoms with Crippen molar-refractivity contribution in [1.29, 1.82) is 0 Å². The highest BCUT2D eigenvalue weighted by atomic mass is 32.2. The summed E-state index contributed by atoms with van der Waals surface area (Å²) in [5.41, 5.74) is 5.33. The molecule has 2 N–H and O–H groups in total. The van der Waals surface area contributed by atoms with Gasteiger partial charge in [-0.25, -0.2) is 5.43 Å². The molecule has 0 aliphatic carbocycles. The van der Waals surface area contributed by atoms with Crippen LogP contribution in [0.2, 0.25) is 0 Å². The van der Waals surface area contributed by atoms with Crippen LogP contribution in [0.1, 0.15) is 25.0 Å². The molecule has 0 spiro atoms. The van der Waals surface area contributed by atoms with E-state index in [-0.39, 0.29) is 23.3 Å². The Morgan fingerprint density at radius 2 is 1.89 bits per heavy atom. The minimum Gasteiger partial charge on any atom is -0.326 e. The highest BCUT2D eigenvalue weighted by Crippen LogP contribution is 2.18. The lowest BCUT2D eigenvalue weighted by molar-refractivity contribution is -0.384. The molecule has 146 valence electrons. The highest BCUT2D eigenvalue weighted by Gasteiger charge is 2.07. The molecule has 0 saturated carbocycles. The lowest BCUT2D eigenvalue weighted by atomic mass is 10.1. The molecule has 28 heavy (non-hydrogen) atoms. The van der Waals surface area contributed by atoms with Crippen LogP contribution in [0.3, 0.4) is 0 Å². The van der Waals surface area contributed by atoms with Crippen LogP contribution in [0.25, 0.3) is 0 Å². The molecule has 0 aliphatic rings. The summed E-state index contributed by atoms with van der Waals surface area (Å²) in [7, 11) is 0. The number of carbonyl (C=O) groups is 2. The van der Waals surface area contributed by atoms with Crippen molar-refractivity contribution in [3.63, 3.8) is 0 Å². The first-order valence-electron chi connectivity index (χ1n) is 8.37. The second kappa shape index (κ2) is 10.2. The fraction of sp³-hybridized carbons (Fsp3) is 0.211. The van der Waals surface area contributed by atoms with Crippen LogP contribution in [-0.2, 0) is 15.3 Å². The second-order valence-corrected chi connectivity index (χ2v) is 6.90. The Morgan fingerprint density at radius 3 is 2.61 bits per heavy atom. The van der Waals surface area contributed by atoms with Gasteiger partial charge in [0.05, 0.1) is 16.4 Å². The van der Waals surface area contributed by atoms with Crippen LogP contribution in [-0.4, -0.2) is 28.2 Å². The average Bonchev–Trinajstić information content (AvgIpc) is 2.66. The molecule has 0 atom stereocenters. The first-order valence-corrected chi connectivity index (χ1v) is 9.53. The van der Waals surface area contributed by atoms with Gasteiger partial charge in [-0.3, -0.25) is 19.7 Å². The van der Waals surface area contributed by atoms with Gasteiger partial charge in [-0.1, -0.05) is 24.3 Å². The van der Waals surface area contributed by atoms with E-state index >= 15 is 0 Å². The van der Waals surface area contributed by atoms with Crippen LogP contribution < -0.4 is 10.7 Å². The SMILES string of the molecule is CC(=O)Nc1cccc(/C(C)=N\NC(=O)CSCc2cccc([N+](=O)[O-])c2)c1. The fourth-order valence-corrected chi connectivity index (χ4v) is 3.06. The van der Waals surface area contributed by atoms with E-state index in [1.807, 2.05) is 6.07 Å². The van der Waals surface area contributed by atoms with E-state index in [1.54, 1.807) is 37.3 Å². The van der Waals surface area contributed by atoms with Crippen molar-refractivity contribution in [3.8, 4) is 0 Å². The highest BCUT2D eigenvalue weighted by molar-refractivity contribution is 7.99. The number of nitrogens with zero attached hydrogens (tertiary/aromatic N) is 2. The van der Waals surface area contributed by atoms with Crippen molar-refractivity contribution in [3.05, 3.63) is 69.8 Å². The normalized spacial score (nSPS) is 11.0. The number of nitro benzene ring substituents is 1. The van der Waals surface area contributed by atoms with Gasteiger partial charge in [-0.2, -0.15) is 5.10 Å². The molecule has 2 rings (SSSR count). The lowest BCUT2D eigenvalue weighted by Gasteiger charge is -2.06. The van der Waals surface area contributed by atoms with Crippen molar-refractivity contribution in [2.75, 3.05) is 11.1 Å². The zero-order chi connectivity index (χ0) is 20.5. The van der Waals surface area contributed by atoms with Gasteiger partial charge in [0.25, 0.3) is 5.69 Å². The van der Waals surface area contributed by atoms with Crippen LogP contribution >= 0.6 is 11.8 Å². The molecule has 2 aromatic carbocycles. The van der Waals surface area contributed by atoms with Gasteiger partial charge in [0.1, 0.15) is 0 Å². The number of carbonyl (C=O) groups excluding carboxylic acids is 2. The maximum atomic E-state index is 12.0. The number of hydrogen-bond donors (Lipinski definition) is 2. The van der Waals surface area contributed by atoms with Crippen LogP contribution in [0.15, 0.2) is 53.6 Å². The third-order valence-corrected chi connectivity index (χ3v) is 4.58. The van der Waals surface area contributed by atoms with Gasteiger partial charge >= 0.3 is 0 Å². The van der Waals surface area contributed by atoms with E-state index < -0.39 is 4.92 Å². The molecule has 2 amide bonds. The van der Waals surface area contributed by atoms with Gasteiger partial charge in [-0.05, 0) is 30.2 Å². The molecule has 0 bridgehead atoms. The summed E-state index contributed by atoms with van der Waals surface area (Å²) in [5.74, 6) is 0.218. The standard InChI is InChI=1S/C19H20N4O4S/c1-13(16-6-4-7-17(10-16)20-14(2)24)21-22-19(25)12-28-11-15-5-3-8-18(9-15)23(26)27/h3-10H,11-12H2,1-2H3,(H,20,24)(H,22,25)/b21-13-. The molecule has 8 nitrogen and oxygen atoms in total. The molecule has 0 saturated heterocycles. The molecule has 0 aromatic heterocycles. The Labute approximate surface area is 166 Å². The minimum absolute atomic E-state index is 0.0317. The van der Waals surface area contributed by atoms with Gasteiger partial charge in [-0.15, -0.1) is 11.8 Å². The molecule has 0 heterocycles. The smallest absolute Gasteiger partial charge is 0.269 e. The summed E-state index contributed by atoms with van der Waals surface area (Å²) in [5, 5.41) is 17.5. The van der Waals surface area contributed by atoms with Crippen molar-refractivity contribution < 1.29 is 14.5 Å². The number of benzene rings is 2. The van der Waals surface area contributed by atoms with Gasteiger partial charge in [0, 0.05) is 30.5 Å². The number of nitrogens with one attached hydrogen (secondary N) is 2. The minimum atomic E-state index is -0.445. The number of rotatable bonds is 8. The Hall–Kier alpha value is -3.20. The Kier molecular flexibility index (Phi) is 7.70. The van der Waals surface area contributed by atoms with Gasteiger partial charge in [0.2, 0.25) is 11.8 Å². The van der Waals surface area contributed by atoms with Crippen LogP contribution in [0.4, 0.5) is 11.4 Å². The Morgan fingerprint density at radius 1 is 1.14 bits per heavy atom. The number of thioether (sulfide) groups is 1. The monoisotopic (exact) mass is 400 g/mol. The summed E-state index contributed by atoms with van der Waals surface area (Å²) < 4.78 is 0. The lowest BCUT2D eigenvalue weighted by Crippen LogP contribution is -2.21. The number of hydrazone groups is 1. The zero-order valence-electron chi connectivity index (χ0n) is 15.5. The number of nitro groups is 1. The predicted octanol–water partition coefficient (Wildman–Crippen LogP) is 3.33. The van der Waals surface area contributed by atoms with Crippen LogP contribution in [0.5, 0.6) is 0 Å². The molecular weight excluding hydrogens is 380 g/mol. The van der Waals surface area contributed by atoms with E-state index in [2.05, 4.69) is 15.8 Å². The Balaban J connectivity index is 1.85. The fourth-order valence-electron chi connectivity index (χ4n) is 2.29. The van der Waals surface area contributed by atoms with Crippen LogP contribution in [0, 0.1) is 10.1 Å². The number of non-ortho nitro benzene ring substituents is 1. The topological polar surface area (TPSA) is 114 Å². The summed E-state index contributed by atoms with van der Waals surface area (Å²) in [6.07, 6.45) is 0. The third-order valence-electron chi connectivity index (χ3n) is 3.57. The maximum absolute atomic E-state index is 12.0. The number of amides is 2. The summed E-state index contributed by atoms with van der Waals surface area (Å²) in [6.45, 7) is 3.18. The second-order valence-electron chi connectivity index (χ2n) is 5.91. The molecule has 9 heteroatoms. The van der Waals surface area contributed by atoms with Gasteiger partial charge in [0.15, 0.2) is 0 Å². The zero-order valence-corrected chi connectivity index (χ0v) is 16.3. The molecule has 0 fully saturated rings. The van der Waals surface area contributed by atoms with Crippen molar-refractivity contribution in [2.24, 2.45) is 5.10 Å². The third kappa shape index (κ3) is 6.84. The number of anilines is 1. The summed E-state index contributed by atoms with van der Waals surface area (Å²) in [4.78, 5) is 33.4. The van der Waals surface area contributed by atoms with E-state index in [4.69, 9.17) is 0 Å². The average molecular weight is 400 g/mol. The molecule has 0 radical (unpaired) electrons. The van der Waals surface area contributed by atoms with E-state index in [0.29, 0.717) is 17.2 Å².